The van der Waals surface area contributed by atoms with E-state index < -0.39 is 0 Å². The Bertz CT molecular complexity index is 893. The monoisotopic (exact) mass is 522 g/mol. The maximum Gasteiger partial charge on any atom is 0.242 e. The zero-order valence-electron chi connectivity index (χ0n) is 16.6. The van der Waals surface area contributed by atoms with Crippen molar-refractivity contribution in [3.05, 3.63) is 63.9 Å². The zero-order valence-corrected chi connectivity index (χ0v) is 19.8. The minimum Gasteiger partial charge on any atom is -0.347 e. The molecule has 1 N–H and O–H groups in total. The van der Waals surface area contributed by atoms with Crippen molar-refractivity contribution >= 4 is 52.8 Å². The van der Waals surface area contributed by atoms with Gasteiger partial charge in [-0.1, -0.05) is 36.4 Å². The lowest BCUT2D eigenvalue weighted by atomic mass is 10.00. The number of nitrogens with zero attached hydrogens (tertiary/aromatic N) is 3. The van der Waals surface area contributed by atoms with E-state index in [0.717, 1.165) is 45.0 Å². The molecule has 1 aromatic carbocycles. The summed E-state index contributed by atoms with van der Waals surface area (Å²) in [5, 5.41) is 5.38. The molecule has 2 aromatic rings. The molecular weight excluding hydrogens is 495 g/mol. The Morgan fingerprint density at radius 2 is 1.93 bits per heavy atom. The van der Waals surface area contributed by atoms with Gasteiger partial charge in [-0.15, -0.1) is 35.3 Å². The van der Waals surface area contributed by atoms with Crippen LogP contribution in [-0.2, 0) is 17.8 Å². The topological polar surface area (TPSA) is 47.9 Å². The molecule has 29 heavy (non-hydrogen) atoms. The summed E-state index contributed by atoms with van der Waals surface area (Å²) >= 11 is 1.79. The van der Waals surface area contributed by atoms with E-state index in [9.17, 15) is 4.79 Å². The van der Waals surface area contributed by atoms with Crippen molar-refractivity contribution in [3.63, 3.8) is 0 Å². The number of carbonyl (C=O) groups excluding carboxylic acids is 1. The number of guanidine groups is 1. The van der Waals surface area contributed by atoms with Crippen molar-refractivity contribution in [2.45, 2.75) is 19.4 Å². The SMILES string of the molecule is CN=C(NCC(=O)N1CCc2sccc2C1)N1CC=C(c2ccccc2)CC1.I. The largest absolute Gasteiger partial charge is 0.347 e. The standard InChI is InChI=1S/C22H26N4OS.HI/c1-23-22(25-11-7-18(8-12-25)17-5-3-2-4-6-17)24-15-21(27)26-13-9-20-19(16-26)10-14-28-20;/h2-7,10,14H,8-9,11-13,15-16H2,1H3,(H,23,24);1H. The van der Waals surface area contributed by atoms with Crippen molar-refractivity contribution in [1.29, 1.82) is 0 Å². The summed E-state index contributed by atoms with van der Waals surface area (Å²) in [6, 6.07) is 12.7. The number of carbonyl (C=O) groups is 1. The predicted octanol–water partition coefficient (Wildman–Crippen LogP) is 3.62. The number of benzene rings is 1. The first-order valence-corrected chi connectivity index (χ1v) is 10.7. The molecule has 1 aromatic heterocycles. The number of halogens is 1. The third kappa shape index (κ3) is 5.19. The van der Waals surface area contributed by atoms with Crippen molar-refractivity contribution in [2.75, 3.05) is 33.2 Å². The summed E-state index contributed by atoms with van der Waals surface area (Å²) < 4.78 is 0. The van der Waals surface area contributed by atoms with Crippen LogP contribution >= 0.6 is 35.3 Å². The van der Waals surface area contributed by atoms with Crippen LogP contribution in [0.25, 0.3) is 5.57 Å². The van der Waals surface area contributed by atoms with Gasteiger partial charge in [0.05, 0.1) is 6.54 Å². The molecule has 0 saturated carbocycles. The zero-order chi connectivity index (χ0) is 19.3. The van der Waals surface area contributed by atoms with Gasteiger partial charge in [-0.2, -0.15) is 0 Å². The van der Waals surface area contributed by atoms with Crippen LogP contribution in [0.5, 0.6) is 0 Å². The molecule has 0 aliphatic carbocycles. The second-order valence-corrected chi connectivity index (χ2v) is 8.13. The highest BCUT2D eigenvalue weighted by Gasteiger charge is 2.22. The van der Waals surface area contributed by atoms with E-state index in [0.29, 0.717) is 0 Å². The Morgan fingerprint density at radius 3 is 2.66 bits per heavy atom. The van der Waals surface area contributed by atoms with Gasteiger partial charge in [0.25, 0.3) is 0 Å². The van der Waals surface area contributed by atoms with Crippen molar-refractivity contribution in [1.82, 2.24) is 15.1 Å². The van der Waals surface area contributed by atoms with Crippen molar-refractivity contribution in [2.24, 2.45) is 4.99 Å². The van der Waals surface area contributed by atoms with Gasteiger partial charge in [0, 0.05) is 38.1 Å². The van der Waals surface area contributed by atoms with E-state index in [1.54, 1.807) is 18.4 Å². The molecule has 154 valence electrons. The lowest BCUT2D eigenvalue weighted by molar-refractivity contribution is -0.130. The van der Waals surface area contributed by atoms with Gasteiger partial charge < -0.3 is 15.1 Å². The third-order valence-electron chi connectivity index (χ3n) is 5.42. The first kappa shape index (κ1) is 21.8. The fourth-order valence-electron chi connectivity index (χ4n) is 3.84. The quantitative estimate of drug-likeness (QED) is 0.381. The molecule has 4 rings (SSSR count). The molecule has 2 aliphatic heterocycles. The van der Waals surface area contributed by atoms with E-state index in [-0.39, 0.29) is 36.4 Å². The molecule has 3 heterocycles. The Balaban J connectivity index is 0.00000240. The smallest absolute Gasteiger partial charge is 0.242 e. The molecule has 0 unspecified atom stereocenters. The van der Waals surface area contributed by atoms with Gasteiger partial charge in [-0.25, -0.2) is 0 Å². The van der Waals surface area contributed by atoms with Crippen LogP contribution in [0.2, 0.25) is 0 Å². The summed E-state index contributed by atoms with van der Waals surface area (Å²) in [5.41, 5.74) is 3.96. The highest BCUT2D eigenvalue weighted by atomic mass is 127. The van der Waals surface area contributed by atoms with Gasteiger partial charge >= 0.3 is 0 Å². The number of amides is 1. The normalized spacial score (nSPS) is 16.6. The molecule has 0 fully saturated rings. The summed E-state index contributed by atoms with van der Waals surface area (Å²) in [5.74, 6) is 0.931. The van der Waals surface area contributed by atoms with Gasteiger partial charge in [0.1, 0.15) is 0 Å². The Labute approximate surface area is 193 Å². The van der Waals surface area contributed by atoms with E-state index in [4.69, 9.17) is 0 Å². The number of aliphatic imine (C=N–C) groups is 1. The molecule has 0 spiro atoms. The highest BCUT2D eigenvalue weighted by molar-refractivity contribution is 14.0. The number of nitrogens with one attached hydrogen (secondary N) is 1. The van der Waals surface area contributed by atoms with Crippen LogP contribution in [0.15, 0.2) is 52.8 Å². The van der Waals surface area contributed by atoms with Crippen LogP contribution in [0.4, 0.5) is 0 Å². The molecular formula is C22H27IN4OS. The fraction of sp³-hybridized carbons (Fsp3) is 0.364. The molecule has 0 radical (unpaired) electrons. The summed E-state index contributed by atoms with van der Waals surface area (Å²) in [7, 11) is 1.78. The number of hydrogen-bond donors (Lipinski definition) is 1. The fourth-order valence-corrected chi connectivity index (χ4v) is 4.73. The van der Waals surface area contributed by atoms with Crippen LogP contribution < -0.4 is 5.32 Å². The molecule has 5 nitrogen and oxygen atoms in total. The molecule has 0 saturated heterocycles. The first-order chi connectivity index (χ1) is 13.7. The van der Waals surface area contributed by atoms with E-state index in [2.05, 4.69) is 57.0 Å². The molecule has 7 heteroatoms. The number of rotatable bonds is 3. The van der Waals surface area contributed by atoms with Crippen LogP contribution in [-0.4, -0.2) is 54.9 Å². The minimum absolute atomic E-state index is 0. The van der Waals surface area contributed by atoms with Crippen LogP contribution in [0, 0.1) is 0 Å². The third-order valence-corrected chi connectivity index (χ3v) is 6.45. The van der Waals surface area contributed by atoms with Gasteiger partial charge in [-0.3, -0.25) is 9.79 Å². The van der Waals surface area contributed by atoms with E-state index >= 15 is 0 Å². The molecule has 2 aliphatic rings. The predicted molar refractivity (Wildman–Crippen MR) is 131 cm³/mol. The lowest BCUT2D eigenvalue weighted by Crippen LogP contribution is -2.48. The first-order valence-electron chi connectivity index (χ1n) is 9.77. The van der Waals surface area contributed by atoms with Gasteiger partial charge in [0.15, 0.2) is 5.96 Å². The Hall–Kier alpha value is -1.87. The summed E-state index contributed by atoms with van der Waals surface area (Å²) in [4.78, 5) is 22.6. The molecule has 0 atom stereocenters. The second kappa shape index (κ2) is 10.2. The Morgan fingerprint density at radius 1 is 1.14 bits per heavy atom. The Kier molecular flexibility index (Phi) is 7.71. The highest BCUT2D eigenvalue weighted by Crippen LogP contribution is 2.24. The average molecular weight is 522 g/mol. The van der Waals surface area contributed by atoms with E-state index in [1.165, 1.54) is 21.6 Å². The summed E-state index contributed by atoms with van der Waals surface area (Å²) in [6.45, 7) is 3.53. The number of fused-ring (bicyclic) bond motifs is 1. The molecule has 0 bridgehead atoms. The van der Waals surface area contributed by atoms with Crippen molar-refractivity contribution < 1.29 is 4.79 Å². The maximum absolute atomic E-state index is 12.7. The average Bonchev–Trinajstić information content (AvgIpc) is 3.23. The summed E-state index contributed by atoms with van der Waals surface area (Å²) in [6.07, 6.45) is 4.20. The minimum atomic E-state index is 0. The number of hydrogen-bond acceptors (Lipinski definition) is 3. The maximum atomic E-state index is 12.7. The van der Waals surface area contributed by atoms with Gasteiger partial charge in [-0.05, 0) is 41.0 Å². The molecule has 1 amide bonds. The van der Waals surface area contributed by atoms with Gasteiger partial charge in [0.2, 0.25) is 5.91 Å². The van der Waals surface area contributed by atoms with E-state index in [1.807, 2.05) is 11.0 Å². The number of thiophene rings is 1. The van der Waals surface area contributed by atoms with Crippen LogP contribution in [0.1, 0.15) is 22.4 Å². The van der Waals surface area contributed by atoms with Crippen molar-refractivity contribution in [3.8, 4) is 0 Å². The second-order valence-electron chi connectivity index (χ2n) is 7.13. The lowest BCUT2D eigenvalue weighted by Gasteiger charge is -2.31. The van der Waals surface area contributed by atoms with Crippen LogP contribution in [0.3, 0.4) is 0 Å².